The largest absolute Gasteiger partial charge is 1.00 e. The van der Waals surface area contributed by atoms with E-state index in [0.717, 1.165) is 0 Å². The monoisotopic (exact) mass is 239 g/mol. The molecule has 0 saturated carbocycles. The molecule has 13 heavy (non-hydrogen) atoms. The van der Waals surface area contributed by atoms with E-state index < -0.39 is 7.60 Å². The van der Waals surface area contributed by atoms with Gasteiger partial charge in [-0.1, -0.05) is 6.92 Å². The van der Waals surface area contributed by atoms with Gasteiger partial charge in [-0.3, -0.25) is 9.46 Å². The van der Waals surface area contributed by atoms with Gasteiger partial charge in [-0.05, 0) is 21.0 Å². The summed E-state index contributed by atoms with van der Waals surface area (Å²) in [7, 11) is 0.00154. The van der Waals surface area contributed by atoms with Crippen LogP contribution in [0.3, 0.4) is 0 Å². The van der Waals surface area contributed by atoms with Crippen LogP contribution in [0.25, 0.3) is 0 Å². The molecule has 0 aromatic carbocycles. The van der Waals surface area contributed by atoms with Crippen molar-refractivity contribution >= 4 is 7.60 Å². The van der Waals surface area contributed by atoms with E-state index in [-0.39, 0.29) is 65.2 Å². The fourth-order valence-corrected chi connectivity index (χ4v) is 0. The Hall–Kier alpha value is 1.71. The Labute approximate surface area is 124 Å². The van der Waals surface area contributed by atoms with Gasteiger partial charge in [-0.25, -0.2) is 0 Å². The van der Waals surface area contributed by atoms with Gasteiger partial charge in [-0.2, -0.15) is 0 Å². The van der Waals surface area contributed by atoms with Crippen molar-refractivity contribution < 1.29 is 72.3 Å². The number of hydrogen-bond donors (Lipinski definition) is 3. The standard InChI is InChI=1S/C4H11NO.C2H7O3P.K.H/c1-4(6)5(2)3;1-2-6(3,4)5;;/h4,6H,1-3H3;2H2,1H3,(H2,3,4,5);;/q;;+1;-1. The maximum Gasteiger partial charge on any atom is 1.00 e. The third kappa shape index (κ3) is 24.8. The molecule has 0 rings (SSSR count). The summed E-state index contributed by atoms with van der Waals surface area (Å²) in [5.41, 5.74) is 0. The molecule has 1 unspecified atom stereocenters. The molecule has 0 aliphatic carbocycles. The Bertz CT molecular complexity index is 147. The molecule has 1 atom stereocenters. The first kappa shape index (κ1) is 20.2. The van der Waals surface area contributed by atoms with E-state index in [9.17, 15) is 4.57 Å². The summed E-state index contributed by atoms with van der Waals surface area (Å²) in [6.07, 6.45) is -0.377. The second-order valence-corrected chi connectivity index (χ2v) is 4.54. The second kappa shape index (κ2) is 10.2. The van der Waals surface area contributed by atoms with Crippen LogP contribution in [-0.2, 0) is 4.57 Å². The van der Waals surface area contributed by atoms with Crippen LogP contribution in [0.15, 0.2) is 0 Å². The molecule has 5 nitrogen and oxygen atoms in total. The first-order chi connectivity index (χ1) is 5.20. The van der Waals surface area contributed by atoms with E-state index in [1.165, 1.54) is 6.92 Å². The molecule has 0 aromatic heterocycles. The number of nitrogens with zero attached hydrogens (tertiary/aromatic N) is 1. The Morgan fingerprint density at radius 3 is 1.62 bits per heavy atom. The summed E-state index contributed by atoms with van der Waals surface area (Å²) in [6.45, 7) is 3.17. The number of rotatable bonds is 2. The molecule has 0 fully saturated rings. The van der Waals surface area contributed by atoms with E-state index in [0.29, 0.717) is 0 Å². The smallest absolute Gasteiger partial charge is 1.00 e. The molecule has 0 spiro atoms. The summed E-state index contributed by atoms with van der Waals surface area (Å²) in [5, 5.41) is 8.56. The predicted octanol–water partition coefficient (Wildman–Crippen LogP) is -2.81. The van der Waals surface area contributed by atoms with Crippen LogP contribution in [-0.4, -0.2) is 46.3 Å². The van der Waals surface area contributed by atoms with Crippen LogP contribution in [0.5, 0.6) is 0 Å². The van der Waals surface area contributed by atoms with E-state index >= 15 is 0 Å². The van der Waals surface area contributed by atoms with Gasteiger partial charge in [0.15, 0.2) is 0 Å². The Morgan fingerprint density at radius 2 is 1.62 bits per heavy atom. The minimum atomic E-state index is -3.65. The van der Waals surface area contributed by atoms with Crippen LogP contribution in [0, 0.1) is 0 Å². The van der Waals surface area contributed by atoms with Crippen LogP contribution < -0.4 is 51.4 Å². The molecule has 78 valence electrons. The molecule has 0 bridgehead atoms. The van der Waals surface area contributed by atoms with Gasteiger partial charge >= 0.3 is 59.0 Å². The fourth-order valence-electron chi connectivity index (χ4n) is 0. The molecule has 0 aromatic rings. The Kier molecular flexibility index (Phi) is 15.9. The van der Waals surface area contributed by atoms with Gasteiger partial charge < -0.3 is 16.3 Å². The van der Waals surface area contributed by atoms with Crippen LogP contribution in [0.1, 0.15) is 15.3 Å². The van der Waals surface area contributed by atoms with Crippen LogP contribution in [0.4, 0.5) is 0 Å². The molecule has 0 amide bonds. The molecule has 0 saturated heterocycles. The average molecular weight is 239 g/mol. The van der Waals surface area contributed by atoms with Crippen molar-refractivity contribution in [1.29, 1.82) is 0 Å². The van der Waals surface area contributed by atoms with Crippen molar-refractivity contribution in [3.05, 3.63) is 0 Å². The third-order valence-electron chi connectivity index (χ3n) is 1.16. The zero-order valence-electron chi connectivity index (χ0n) is 9.93. The normalized spacial score (nSPS) is 12.6. The predicted molar refractivity (Wildman–Crippen MR) is 49.1 cm³/mol. The zero-order valence-corrected chi connectivity index (χ0v) is 12.9. The molecule has 7 heteroatoms. The van der Waals surface area contributed by atoms with Crippen molar-refractivity contribution in [2.45, 2.75) is 20.1 Å². The molecule has 0 aliphatic rings. The van der Waals surface area contributed by atoms with Gasteiger partial charge in [0.25, 0.3) is 0 Å². The van der Waals surface area contributed by atoms with E-state index in [4.69, 9.17) is 14.9 Å². The van der Waals surface area contributed by atoms with Crippen molar-refractivity contribution in [1.82, 2.24) is 4.90 Å². The fraction of sp³-hybridized carbons (Fsp3) is 1.00. The molecular formula is C6H19KNO4P. The van der Waals surface area contributed by atoms with Crippen molar-refractivity contribution in [2.75, 3.05) is 20.3 Å². The topological polar surface area (TPSA) is 81.0 Å². The zero-order chi connectivity index (χ0) is 10.4. The Morgan fingerprint density at radius 1 is 1.46 bits per heavy atom. The molecular weight excluding hydrogens is 220 g/mol. The number of hydrogen-bond acceptors (Lipinski definition) is 3. The van der Waals surface area contributed by atoms with Gasteiger partial charge in [-0.15, -0.1) is 0 Å². The maximum atomic E-state index is 9.69. The number of aliphatic hydroxyl groups is 1. The van der Waals surface area contributed by atoms with Crippen LogP contribution >= 0.6 is 7.60 Å². The van der Waals surface area contributed by atoms with Crippen LogP contribution in [0.2, 0.25) is 0 Å². The number of aliphatic hydroxyl groups excluding tert-OH is 1. The summed E-state index contributed by atoms with van der Waals surface area (Å²) < 4.78 is 9.69. The van der Waals surface area contributed by atoms with Crippen molar-refractivity contribution in [3.8, 4) is 0 Å². The minimum absolute atomic E-state index is 0. The molecule has 0 heterocycles. The average Bonchev–Trinajstić information content (AvgIpc) is 1.87. The third-order valence-corrected chi connectivity index (χ3v) is 1.98. The first-order valence-corrected chi connectivity index (χ1v) is 5.39. The first-order valence-electron chi connectivity index (χ1n) is 3.59. The van der Waals surface area contributed by atoms with E-state index in [1.807, 2.05) is 14.1 Å². The van der Waals surface area contributed by atoms with Crippen molar-refractivity contribution in [2.24, 2.45) is 0 Å². The van der Waals surface area contributed by atoms with Crippen molar-refractivity contribution in [3.63, 3.8) is 0 Å². The quantitative estimate of drug-likeness (QED) is 0.275. The van der Waals surface area contributed by atoms with Gasteiger partial charge in [0.05, 0.1) is 0 Å². The van der Waals surface area contributed by atoms with E-state index in [1.54, 1.807) is 11.8 Å². The van der Waals surface area contributed by atoms with Gasteiger partial charge in [0.1, 0.15) is 6.23 Å². The molecule has 3 N–H and O–H groups in total. The Balaban J connectivity index is -0.0000000625. The summed E-state index contributed by atoms with van der Waals surface area (Å²) in [6, 6.07) is 0. The molecule has 0 aliphatic heterocycles. The van der Waals surface area contributed by atoms with E-state index in [2.05, 4.69) is 0 Å². The van der Waals surface area contributed by atoms with Gasteiger partial charge in [0.2, 0.25) is 0 Å². The second-order valence-electron chi connectivity index (χ2n) is 2.58. The minimum Gasteiger partial charge on any atom is -1.00 e. The maximum absolute atomic E-state index is 9.69. The molecule has 0 radical (unpaired) electrons. The van der Waals surface area contributed by atoms with Gasteiger partial charge in [0, 0.05) is 6.16 Å². The SMILES string of the molecule is CC(O)N(C)C.CCP(=O)(O)O.[H-].[K+]. The summed E-state index contributed by atoms with van der Waals surface area (Å²) in [5.74, 6) is 0. The summed E-state index contributed by atoms with van der Waals surface area (Å²) >= 11 is 0. The summed E-state index contributed by atoms with van der Waals surface area (Å²) in [4.78, 5) is 17.6.